The standard InChI is InChI=1S/C14H16N2OS2/c1-9(2)16(11-3-4-11)14(17)12-8-19-13(15-12)10-5-6-18-7-10/h5-9,11H,3-4H2,1-2H3. The Hall–Kier alpha value is -1.20. The zero-order chi connectivity index (χ0) is 13.4. The van der Waals surface area contributed by atoms with Crippen LogP contribution < -0.4 is 0 Å². The molecular formula is C14H16N2OS2. The second kappa shape index (κ2) is 5.06. The summed E-state index contributed by atoms with van der Waals surface area (Å²) in [7, 11) is 0. The number of thiazole rings is 1. The van der Waals surface area contributed by atoms with Crippen LogP contribution in [0.1, 0.15) is 37.2 Å². The van der Waals surface area contributed by atoms with Crippen molar-refractivity contribution in [3.8, 4) is 10.6 Å². The molecule has 2 heterocycles. The van der Waals surface area contributed by atoms with Gasteiger partial charge in [0, 0.05) is 28.4 Å². The van der Waals surface area contributed by atoms with Gasteiger partial charge in [0.05, 0.1) is 0 Å². The van der Waals surface area contributed by atoms with E-state index in [-0.39, 0.29) is 11.9 Å². The van der Waals surface area contributed by atoms with E-state index in [0.29, 0.717) is 11.7 Å². The summed E-state index contributed by atoms with van der Waals surface area (Å²) in [6, 6.07) is 2.71. The van der Waals surface area contributed by atoms with Gasteiger partial charge in [0.2, 0.25) is 0 Å². The Morgan fingerprint density at radius 1 is 1.42 bits per heavy atom. The number of carbonyl (C=O) groups is 1. The molecule has 0 aliphatic heterocycles. The molecule has 1 amide bonds. The number of hydrogen-bond donors (Lipinski definition) is 0. The summed E-state index contributed by atoms with van der Waals surface area (Å²) in [5.74, 6) is 0.0789. The second-order valence-electron chi connectivity index (χ2n) is 5.09. The second-order valence-corrected chi connectivity index (χ2v) is 6.73. The van der Waals surface area contributed by atoms with Gasteiger partial charge in [-0.05, 0) is 38.1 Å². The van der Waals surface area contributed by atoms with Crippen molar-refractivity contribution in [3.63, 3.8) is 0 Å². The largest absolute Gasteiger partial charge is 0.332 e. The molecule has 100 valence electrons. The van der Waals surface area contributed by atoms with E-state index in [0.717, 1.165) is 23.4 Å². The zero-order valence-corrected chi connectivity index (χ0v) is 12.6. The maximum atomic E-state index is 12.5. The minimum Gasteiger partial charge on any atom is -0.332 e. The Balaban J connectivity index is 1.84. The Morgan fingerprint density at radius 3 is 2.79 bits per heavy atom. The van der Waals surface area contributed by atoms with E-state index >= 15 is 0 Å². The van der Waals surface area contributed by atoms with Crippen molar-refractivity contribution in [2.75, 3.05) is 0 Å². The highest BCUT2D eigenvalue weighted by Crippen LogP contribution is 2.31. The monoisotopic (exact) mass is 292 g/mol. The van der Waals surface area contributed by atoms with E-state index in [1.165, 1.54) is 0 Å². The summed E-state index contributed by atoms with van der Waals surface area (Å²) in [6.45, 7) is 4.14. The first-order chi connectivity index (χ1) is 9.16. The number of aromatic nitrogens is 1. The number of hydrogen-bond acceptors (Lipinski definition) is 4. The number of amides is 1. The van der Waals surface area contributed by atoms with E-state index < -0.39 is 0 Å². The van der Waals surface area contributed by atoms with Crippen LogP contribution in [0.4, 0.5) is 0 Å². The first-order valence-corrected chi connectivity index (χ1v) is 8.30. The van der Waals surface area contributed by atoms with Gasteiger partial charge in [0.15, 0.2) is 0 Å². The molecule has 0 aromatic carbocycles. The average Bonchev–Trinajstić information content (AvgIpc) is 2.92. The van der Waals surface area contributed by atoms with E-state index in [1.54, 1.807) is 22.7 Å². The first-order valence-electron chi connectivity index (χ1n) is 6.47. The fraction of sp³-hybridized carbons (Fsp3) is 0.429. The predicted molar refractivity (Wildman–Crippen MR) is 79.8 cm³/mol. The van der Waals surface area contributed by atoms with Crippen LogP contribution in [0, 0.1) is 0 Å². The molecular weight excluding hydrogens is 276 g/mol. The van der Waals surface area contributed by atoms with Gasteiger partial charge in [-0.1, -0.05) is 0 Å². The van der Waals surface area contributed by atoms with Crippen LogP contribution >= 0.6 is 22.7 Å². The molecule has 2 aromatic heterocycles. The average molecular weight is 292 g/mol. The summed E-state index contributed by atoms with van der Waals surface area (Å²) in [4.78, 5) is 19.0. The quantitative estimate of drug-likeness (QED) is 0.856. The molecule has 0 radical (unpaired) electrons. The van der Waals surface area contributed by atoms with Gasteiger partial charge in [-0.15, -0.1) is 11.3 Å². The molecule has 19 heavy (non-hydrogen) atoms. The molecule has 1 aliphatic rings. The lowest BCUT2D eigenvalue weighted by molar-refractivity contribution is 0.0685. The highest BCUT2D eigenvalue weighted by molar-refractivity contribution is 7.14. The minimum atomic E-state index is 0.0789. The van der Waals surface area contributed by atoms with Crippen LogP contribution in [0.25, 0.3) is 10.6 Å². The number of nitrogens with zero attached hydrogens (tertiary/aromatic N) is 2. The molecule has 0 spiro atoms. The third-order valence-electron chi connectivity index (χ3n) is 3.22. The van der Waals surface area contributed by atoms with Crippen LogP contribution in [0.2, 0.25) is 0 Å². The topological polar surface area (TPSA) is 33.2 Å². The molecule has 2 aromatic rings. The Labute approximate surface area is 120 Å². The van der Waals surface area contributed by atoms with Gasteiger partial charge < -0.3 is 4.90 Å². The van der Waals surface area contributed by atoms with Crippen molar-refractivity contribution in [2.24, 2.45) is 0 Å². The van der Waals surface area contributed by atoms with Gasteiger partial charge in [-0.3, -0.25) is 4.79 Å². The van der Waals surface area contributed by atoms with Crippen molar-refractivity contribution in [1.29, 1.82) is 0 Å². The summed E-state index contributed by atoms with van der Waals surface area (Å²) >= 11 is 3.19. The first kappa shape index (κ1) is 12.8. The van der Waals surface area contributed by atoms with Crippen molar-refractivity contribution in [2.45, 2.75) is 38.8 Å². The normalized spacial score (nSPS) is 14.9. The van der Waals surface area contributed by atoms with Gasteiger partial charge in [0.25, 0.3) is 5.91 Å². The summed E-state index contributed by atoms with van der Waals surface area (Å²) in [6.07, 6.45) is 2.26. The number of carbonyl (C=O) groups excluding carboxylic acids is 1. The van der Waals surface area contributed by atoms with Crippen molar-refractivity contribution < 1.29 is 4.79 Å². The van der Waals surface area contributed by atoms with Gasteiger partial charge in [0.1, 0.15) is 10.7 Å². The lowest BCUT2D eigenvalue weighted by Crippen LogP contribution is -2.38. The predicted octanol–water partition coefficient (Wildman–Crippen LogP) is 3.88. The lowest BCUT2D eigenvalue weighted by atomic mass is 10.2. The Morgan fingerprint density at radius 2 is 2.21 bits per heavy atom. The molecule has 1 fully saturated rings. The molecule has 0 atom stereocenters. The SMILES string of the molecule is CC(C)N(C(=O)c1csc(-c2ccsc2)n1)C1CC1. The lowest BCUT2D eigenvalue weighted by Gasteiger charge is -2.25. The fourth-order valence-electron chi connectivity index (χ4n) is 2.20. The van der Waals surface area contributed by atoms with E-state index in [1.807, 2.05) is 21.7 Å². The third kappa shape index (κ3) is 2.58. The van der Waals surface area contributed by atoms with Gasteiger partial charge >= 0.3 is 0 Å². The van der Waals surface area contributed by atoms with Gasteiger partial charge in [-0.25, -0.2) is 4.98 Å². The van der Waals surface area contributed by atoms with E-state index in [4.69, 9.17) is 0 Å². The van der Waals surface area contributed by atoms with Crippen molar-refractivity contribution in [3.05, 3.63) is 27.9 Å². The third-order valence-corrected chi connectivity index (χ3v) is 4.80. The molecule has 3 rings (SSSR count). The Bertz CT molecular complexity index is 568. The molecule has 3 nitrogen and oxygen atoms in total. The summed E-state index contributed by atoms with van der Waals surface area (Å²) < 4.78 is 0. The maximum Gasteiger partial charge on any atom is 0.273 e. The number of rotatable bonds is 4. The summed E-state index contributed by atoms with van der Waals surface area (Å²) in [5, 5.41) is 6.91. The zero-order valence-electron chi connectivity index (χ0n) is 11.0. The van der Waals surface area contributed by atoms with Crippen LogP contribution in [-0.2, 0) is 0 Å². The van der Waals surface area contributed by atoms with Crippen LogP contribution in [0.15, 0.2) is 22.2 Å². The van der Waals surface area contributed by atoms with Gasteiger partial charge in [-0.2, -0.15) is 11.3 Å². The molecule has 5 heteroatoms. The van der Waals surface area contributed by atoms with E-state index in [2.05, 4.69) is 24.2 Å². The molecule has 1 aliphatic carbocycles. The van der Waals surface area contributed by atoms with Crippen LogP contribution in [-0.4, -0.2) is 27.9 Å². The van der Waals surface area contributed by atoms with Crippen molar-refractivity contribution >= 4 is 28.6 Å². The molecule has 0 N–H and O–H groups in total. The van der Waals surface area contributed by atoms with E-state index in [9.17, 15) is 4.79 Å². The fourth-order valence-corrected chi connectivity index (χ4v) is 3.70. The summed E-state index contributed by atoms with van der Waals surface area (Å²) in [5.41, 5.74) is 1.70. The molecule has 0 bridgehead atoms. The highest BCUT2D eigenvalue weighted by atomic mass is 32.1. The van der Waals surface area contributed by atoms with Crippen molar-refractivity contribution in [1.82, 2.24) is 9.88 Å². The minimum absolute atomic E-state index is 0.0789. The molecule has 1 saturated carbocycles. The molecule has 0 saturated heterocycles. The van der Waals surface area contributed by atoms with Crippen LogP contribution in [0.5, 0.6) is 0 Å². The molecule has 0 unspecified atom stereocenters. The number of thiophene rings is 1. The van der Waals surface area contributed by atoms with Crippen LogP contribution in [0.3, 0.4) is 0 Å². The smallest absolute Gasteiger partial charge is 0.273 e. The Kier molecular flexibility index (Phi) is 3.41. The highest BCUT2D eigenvalue weighted by Gasteiger charge is 2.35. The maximum absolute atomic E-state index is 12.5.